The second kappa shape index (κ2) is 9.75. The molecule has 0 radical (unpaired) electrons. The molecule has 1 aromatic carbocycles. The maximum atomic E-state index is 12.4. The highest BCUT2D eigenvalue weighted by atomic mass is 35.5. The molecule has 0 amide bonds. The van der Waals surface area contributed by atoms with E-state index < -0.39 is 13.9 Å². The molecule has 0 bridgehead atoms. The Morgan fingerprint density at radius 2 is 1.84 bits per heavy atom. The Morgan fingerprint density at radius 1 is 1.16 bits per heavy atom. The van der Waals surface area contributed by atoms with Crippen LogP contribution in [0.3, 0.4) is 0 Å². The predicted octanol–water partition coefficient (Wildman–Crippen LogP) is 5.37. The molecule has 0 aliphatic carbocycles. The largest absolute Gasteiger partial charge is 0.494 e. The molecule has 0 spiro atoms. The van der Waals surface area contributed by atoms with E-state index in [0.29, 0.717) is 6.61 Å². The van der Waals surface area contributed by atoms with Gasteiger partial charge in [-0.2, -0.15) is 5.10 Å². The minimum Gasteiger partial charge on any atom is -0.494 e. The van der Waals surface area contributed by atoms with E-state index in [0.717, 1.165) is 24.2 Å². The molecule has 0 aliphatic heterocycles. The fraction of sp³-hybridized carbons (Fsp3) is 0.565. The summed E-state index contributed by atoms with van der Waals surface area (Å²) in [7, 11) is -2.20. The highest BCUT2D eigenvalue weighted by molar-refractivity contribution is 6.72. The molecule has 0 unspecified atom stereocenters. The van der Waals surface area contributed by atoms with Crippen LogP contribution < -0.4 is 15.0 Å². The monoisotopic (exact) mass is 466 g/mol. The van der Waals surface area contributed by atoms with E-state index in [1.165, 1.54) is 10.9 Å². The molecule has 1 N–H and O–H groups in total. The molecule has 0 saturated carbocycles. The molecule has 0 atom stereocenters. The first-order valence-corrected chi connectivity index (χ1v) is 13.9. The summed E-state index contributed by atoms with van der Waals surface area (Å²) < 4.78 is 13.0. The topological polar surface area (TPSA) is 73.6 Å². The Bertz CT molecular complexity index is 946. The Hall–Kier alpha value is -1.83. The van der Waals surface area contributed by atoms with Crippen molar-refractivity contribution < 1.29 is 14.3 Å². The highest BCUT2D eigenvalue weighted by Gasteiger charge is 2.37. The van der Waals surface area contributed by atoms with E-state index in [4.69, 9.17) is 21.1 Å². The van der Waals surface area contributed by atoms with Crippen LogP contribution in [0.25, 0.3) is 0 Å². The third-order valence-electron chi connectivity index (χ3n) is 5.69. The fourth-order valence-electron chi connectivity index (χ4n) is 2.89. The van der Waals surface area contributed by atoms with Gasteiger partial charge in [0.25, 0.3) is 5.56 Å². The Balaban J connectivity index is 1.95. The van der Waals surface area contributed by atoms with Crippen molar-refractivity contribution in [3.8, 4) is 11.5 Å². The molecule has 0 saturated heterocycles. The average Bonchev–Trinajstić information content (AvgIpc) is 2.65. The van der Waals surface area contributed by atoms with Crippen molar-refractivity contribution in [2.24, 2.45) is 0 Å². The zero-order valence-electron chi connectivity index (χ0n) is 19.7. The number of hydrogen-bond donors (Lipinski definition) is 1. The first-order chi connectivity index (χ1) is 14.2. The maximum Gasteiger partial charge on any atom is 0.289 e. The lowest BCUT2D eigenvalue weighted by atomic mass is 10.1. The smallest absolute Gasteiger partial charge is 0.289 e. The van der Waals surface area contributed by atoms with Gasteiger partial charge in [-0.05, 0) is 69.4 Å². The summed E-state index contributed by atoms with van der Waals surface area (Å²) in [5.41, 5.74) is 0.0634. The van der Waals surface area contributed by atoms with Crippen LogP contribution in [0.4, 0.5) is 0 Å². The second-order valence-electron chi connectivity index (χ2n) is 10.0. The Labute approximate surface area is 191 Å². The summed E-state index contributed by atoms with van der Waals surface area (Å²) in [5.74, 6) is 1.02. The van der Waals surface area contributed by atoms with Crippen LogP contribution in [-0.2, 0) is 12.1 Å². The second-order valence-corrected chi connectivity index (χ2v) is 14.9. The van der Waals surface area contributed by atoms with Crippen molar-refractivity contribution in [3.63, 3.8) is 0 Å². The Morgan fingerprint density at radius 3 is 2.45 bits per heavy atom. The molecule has 1 aromatic heterocycles. The molecule has 31 heavy (non-hydrogen) atoms. The number of rotatable bonds is 9. The van der Waals surface area contributed by atoms with E-state index in [9.17, 15) is 9.59 Å². The lowest BCUT2D eigenvalue weighted by Gasteiger charge is -2.35. The van der Waals surface area contributed by atoms with Gasteiger partial charge in [-0.1, -0.05) is 37.6 Å². The van der Waals surface area contributed by atoms with Crippen molar-refractivity contribution in [2.75, 3.05) is 6.61 Å². The van der Waals surface area contributed by atoms with Gasteiger partial charge < -0.3 is 14.3 Å². The van der Waals surface area contributed by atoms with Crippen molar-refractivity contribution >= 4 is 19.9 Å². The van der Waals surface area contributed by atoms with Crippen molar-refractivity contribution in [2.45, 2.75) is 77.7 Å². The van der Waals surface area contributed by atoms with Crippen molar-refractivity contribution in [3.05, 3.63) is 51.4 Å². The highest BCUT2D eigenvalue weighted by Crippen LogP contribution is 2.39. The summed E-state index contributed by atoms with van der Waals surface area (Å²) in [6.45, 7) is 14.7. The third-order valence-corrected chi connectivity index (χ3v) is 9.60. The van der Waals surface area contributed by atoms with Gasteiger partial charge in [-0.15, -0.1) is 0 Å². The number of benzene rings is 1. The van der Waals surface area contributed by atoms with E-state index in [1.807, 2.05) is 58.1 Å². The zero-order valence-corrected chi connectivity index (χ0v) is 21.4. The minimum absolute atomic E-state index is 0.0234. The molecular weight excluding hydrogens is 432 g/mol. The molecular formula is C23H35ClN2O4Si. The van der Waals surface area contributed by atoms with Crippen LogP contribution in [-0.4, -0.2) is 29.5 Å². The van der Waals surface area contributed by atoms with Gasteiger partial charge in [0.2, 0.25) is 0 Å². The fourth-order valence-corrected chi connectivity index (χ4v) is 3.86. The normalized spacial score (nSPS) is 12.7. The van der Waals surface area contributed by atoms with Crippen LogP contribution in [0.5, 0.6) is 11.5 Å². The van der Waals surface area contributed by atoms with Crippen LogP contribution in [0, 0.1) is 0 Å². The molecule has 8 heteroatoms. The summed E-state index contributed by atoms with van der Waals surface area (Å²) in [5, 5.41) is 4.15. The van der Waals surface area contributed by atoms with Gasteiger partial charge in [0.1, 0.15) is 12.4 Å². The third kappa shape index (κ3) is 6.82. The average molecular weight is 467 g/mol. The first kappa shape index (κ1) is 25.4. The predicted molar refractivity (Wildman–Crippen MR) is 128 cm³/mol. The van der Waals surface area contributed by atoms with Gasteiger partial charge in [0, 0.05) is 0 Å². The van der Waals surface area contributed by atoms with E-state index in [2.05, 4.69) is 18.9 Å². The van der Waals surface area contributed by atoms with Gasteiger partial charge in [-0.3, -0.25) is 4.79 Å². The number of hydrogen-bond acceptors (Lipinski definition) is 5. The minimum atomic E-state index is -2.20. The van der Waals surface area contributed by atoms with Crippen molar-refractivity contribution in [1.82, 2.24) is 9.78 Å². The van der Waals surface area contributed by atoms with E-state index >= 15 is 0 Å². The SMILES string of the molecule is CC(C)(C)n1ncc(OCc2cccc(OCCCC(C)(C)[Si](C)(C)O)c2)c(Cl)c1=O. The van der Waals surface area contributed by atoms with Gasteiger partial charge >= 0.3 is 0 Å². The molecule has 172 valence electrons. The summed E-state index contributed by atoms with van der Waals surface area (Å²) in [6, 6.07) is 7.64. The lowest BCUT2D eigenvalue weighted by molar-refractivity contribution is 0.285. The molecule has 2 rings (SSSR count). The maximum absolute atomic E-state index is 12.4. The van der Waals surface area contributed by atoms with Crippen LogP contribution >= 0.6 is 11.6 Å². The van der Waals surface area contributed by atoms with E-state index in [1.54, 1.807) is 0 Å². The molecule has 0 aliphatic rings. The quantitative estimate of drug-likeness (QED) is 0.397. The van der Waals surface area contributed by atoms with Crippen LogP contribution in [0.15, 0.2) is 35.3 Å². The molecule has 1 heterocycles. The van der Waals surface area contributed by atoms with Crippen LogP contribution in [0.2, 0.25) is 23.2 Å². The summed E-state index contributed by atoms with van der Waals surface area (Å²) in [6.07, 6.45) is 3.26. The molecule has 2 aromatic rings. The Kier molecular flexibility index (Phi) is 8.00. The molecule has 6 nitrogen and oxygen atoms in total. The lowest BCUT2D eigenvalue weighted by Crippen LogP contribution is -2.39. The first-order valence-electron chi connectivity index (χ1n) is 10.6. The standard InChI is InChI=1S/C23H35ClN2O4Si/c1-22(2,3)26-21(27)20(24)19(15-25-26)30-16-17-10-8-11-18(14-17)29-13-9-12-23(4,5)31(6,7)28/h8,10-11,14-15,28H,9,12-13,16H2,1-7H3. The number of aromatic nitrogens is 2. The number of nitrogens with zero attached hydrogens (tertiary/aromatic N) is 2. The van der Waals surface area contributed by atoms with Gasteiger partial charge in [0.05, 0.1) is 18.3 Å². The van der Waals surface area contributed by atoms with Gasteiger partial charge in [-0.25, -0.2) is 4.68 Å². The number of ether oxygens (including phenoxy) is 2. The summed E-state index contributed by atoms with van der Waals surface area (Å²) >= 11 is 6.22. The number of halogens is 1. The van der Waals surface area contributed by atoms with Gasteiger partial charge in [0.15, 0.2) is 19.1 Å². The zero-order chi connectivity index (χ0) is 23.4. The summed E-state index contributed by atoms with van der Waals surface area (Å²) in [4.78, 5) is 22.8. The van der Waals surface area contributed by atoms with Crippen LogP contribution in [0.1, 0.15) is 53.0 Å². The molecule has 0 fully saturated rings. The van der Waals surface area contributed by atoms with E-state index in [-0.39, 0.29) is 28.0 Å². The van der Waals surface area contributed by atoms with Crippen molar-refractivity contribution in [1.29, 1.82) is 0 Å².